The molecule has 0 atom stereocenters. The molecule has 0 aliphatic carbocycles. The van der Waals surface area contributed by atoms with Crippen LogP contribution in [0.15, 0.2) is 110 Å². The van der Waals surface area contributed by atoms with Crippen LogP contribution >= 0.6 is 0 Å². The second-order valence-corrected chi connectivity index (χ2v) is 15.2. The highest BCUT2D eigenvalue weighted by molar-refractivity contribution is 5.99. The molecule has 0 saturated heterocycles. The summed E-state index contributed by atoms with van der Waals surface area (Å²) in [6.45, 7) is 8.94. The molecule has 0 saturated carbocycles. The summed E-state index contributed by atoms with van der Waals surface area (Å²) in [5.74, 6) is 0.391. The molecule has 332 valence electrons. The molecular weight excluding hydrogens is 785 g/mol. The van der Waals surface area contributed by atoms with Crippen molar-refractivity contribution in [2.75, 3.05) is 26.4 Å². The summed E-state index contributed by atoms with van der Waals surface area (Å²) in [5, 5.41) is 1.28. The van der Waals surface area contributed by atoms with Crippen LogP contribution in [0.25, 0.3) is 10.8 Å². The maximum atomic E-state index is 13.2. The average molecular weight is 849 g/mol. The van der Waals surface area contributed by atoms with Crippen molar-refractivity contribution in [3.8, 4) is 23.0 Å². The number of ether oxygens (including phenoxy) is 6. The van der Waals surface area contributed by atoms with Gasteiger partial charge in [-0.3, -0.25) is 0 Å². The number of hydrogen-bond acceptors (Lipinski definition) is 10. The highest BCUT2D eigenvalue weighted by Crippen LogP contribution is 2.33. The van der Waals surface area contributed by atoms with Crippen molar-refractivity contribution in [2.24, 2.45) is 0 Å². The van der Waals surface area contributed by atoms with Gasteiger partial charge in [-0.15, -0.1) is 0 Å². The third-order valence-electron chi connectivity index (χ3n) is 10.4. The van der Waals surface area contributed by atoms with Crippen LogP contribution in [-0.2, 0) is 19.1 Å². The Balaban J connectivity index is 1.10. The molecule has 0 heterocycles. The summed E-state index contributed by atoms with van der Waals surface area (Å²) in [6.07, 6.45) is 22.3. The predicted molar refractivity (Wildman–Crippen MR) is 243 cm³/mol. The topological polar surface area (TPSA) is 124 Å². The molecule has 0 amide bonds. The Kier molecular flexibility index (Phi) is 23.1. The number of rotatable bonds is 32. The fraction of sp³-hybridized carbons (Fsp3) is 0.423. The first-order chi connectivity index (χ1) is 30.4. The molecule has 4 aromatic rings. The number of hydrogen-bond donors (Lipinski definition) is 0. The van der Waals surface area contributed by atoms with Crippen molar-refractivity contribution in [3.05, 3.63) is 121 Å². The van der Waals surface area contributed by atoms with E-state index in [0.29, 0.717) is 71.3 Å². The third-order valence-corrected chi connectivity index (χ3v) is 10.4. The second-order valence-electron chi connectivity index (χ2n) is 15.2. The molecule has 0 N–H and O–H groups in total. The van der Waals surface area contributed by atoms with E-state index >= 15 is 0 Å². The van der Waals surface area contributed by atoms with Crippen LogP contribution in [0.1, 0.15) is 136 Å². The number of carbonyl (C=O) groups excluding carboxylic acids is 4. The molecule has 0 aliphatic rings. The molecule has 0 fully saturated rings. The lowest BCUT2D eigenvalue weighted by Crippen LogP contribution is -2.10. The number of benzene rings is 4. The van der Waals surface area contributed by atoms with Crippen LogP contribution in [0.4, 0.5) is 0 Å². The maximum Gasteiger partial charge on any atom is 0.343 e. The molecule has 10 heteroatoms. The molecule has 62 heavy (non-hydrogen) atoms. The van der Waals surface area contributed by atoms with Crippen LogP contribution in [0.3, 0.4) is 0 Å². The van der Waals surface area contributed by atoms with Gasteiger partial charge in [0.2, 0.25) is 0 Å². The van der Waals surface area contributed by atoms with Gasteiger partial charge in [0.1, 0.15) is 23.0 Å². The van der Waals surface area contributed by atoms with Gasteiger partial charge in [-0.1, -0.05) is 127 Å². The Labute approximate surface area is 367 Å². The second kappa shape index (κ2) is 29.4. The van der Waals surface area contributed by atoms with Gasteiger partial charge < -0.3 is 28.4 Å². The summed E-state index contributed by atoms with van der Waals surface area (Å²) < 4.78 is 33.5. The number of esters is 4. The standard InChI is InChI=1S/C52H64O10/c1-3-49(53)59-39-21-17-13-9-5-7-11-15-19-37-57-43-33-29-41(30-34-43)51(55)61-47-27-23-26-46-45(47)25-24-28-48(46)62-52(56)42-31-35-44(36-32-42)58-38-20-16-12-8-6-10-14-18-22-40-60-50(54)4-2/h3-4,23-36H,1-2,5-22,37-40H2. The van der Waals surface area contributed by atoms with E-state index in [0.717, 1.165) is 64.2 Å². The average Bonchev–Trinajstić information content (AvgIpc) is 3.29. The Hall–Kier alpha value is -5.90. The molecule has 0 bridgehead atoms. The van der Waals surface area contributed by atoms with E-state index in [1.807, 2.05) is 12.1 Å². The van der Waals surface area contributed by atoms with E-state index < -0.39 is 11.9 Å². The molecule has 0 aliphatic heterocycles. The van der Waals surface area contributed by atoms with Crippen molar-refractivity contribution in [3.63, 3.8) is 0 Å². The van der Waals surface area contributed by atoms with Gasteiger partial charge in [-0.2, -0.15) is 0 Å². The van der Waals surface area contributed by atoms with Crippen molar-refractivity contribution >= 4 is 34.6 Å². The van der Waals surface area contributed by atoms with E-state index in [1.165, 1.54) is 63.5 Å². The zero-order chi connectivity index (χ0) is 44.0. The Bertz CT molecular complexity index is 1830. The van der Waals surface area contributed by atoms with E-state index in [1.54, 1.807) is 72.8 Å². The number of unbranched alkanes of at least 4 members (excludes halogenated alkanes) is 16. The normalized spacial score (nSPS) is 10.8. The lowest BCUT2D eigenvalue weighted by atomic mass is 10.1. The van der Waals surface area contributed by atoms with Gasteiger partial charge in [-0.25, -0.2) is 19.2 Å². The Morgan fingerprint density at radius 3 is 1.02 bits per heavy atom. The van der Waals surface area contributed by atoms with E-state index in [-0.39, 0.29) is 11.9 Å². The molecule has 0 unspecified atom stereocenters. The summed E-state index contributed by atoms with van der Waals surface area (Å²) in [4.78, 5) is 48.4. The lowest BCUT2D eigenvalue weighted by Gasteiger charge is -2.12. The smallest absolute Gasteiger partial charge is 0.343 e. The van der Waals surface area contributed by atoms with Crippen molar-refractivity contribution in [1.82, 2.24) is 0 Å². The van der Waals surface area contributed by atoms with E-state index in [2.05, 4.69) is 13.2 Å². The van der Waals surface area contributed by atoms with Gasteiger partial charge in [0.25, 0.3) is 0 Å². The molecule has 0 aromatic heterocycles. The van der Waals surface area contributed by atoms with Crippen LogP contribution < -0.4 is 18.9 Å². The number of fused-ring (bicyclic) bond motifs is 1. The Morgan fingerprint density at radius 1 is 0.387 bits per heavy atom. The summed E-state index contributed by atoms with van der Waals surface area (Å²) >= 11 is 0. The van der Waals surface area contributed by atoms with Gasteiger partial charge in [0.15, 0.2) is 0 Å². The zero-order valence-electron chi connectivity index (χ0n) is 36.3. The first kappa shape index (κ1) is 48.8. The van der Waals surface area contributed by atoms with Crippen molar-refractivity contribution in [2.45, 2.75) is 116 Å². The van der Waals surface area contributed by atoms with Gasteiger partial charge >= 0.3 is 23.9 Å². The minimum atomic E-state index is -0.504. The molecule has 4 aromatic carbocycles. The van der Waals surface area contributed by atoms with Gasteiger partial charge in [-0.05, 0) is 86.3 Å². The fourth-order valence-electron chi connectivity index (χ4n) is 6.85. The largest absolute Gasteiger partial charge is 0.494 e. The molecule has 0 radical (unpaired) electrons. The summed E-state index contributed by atoms with van der Waals surface area (Å²) in [5.41, 5.74) is 0.785. The van der Waals surface area contributed by atoms with Gasteiger partial charge in [0.05, 0.1) is 37.6 Å². The van der Waals surface area contributed by atoms with Crippen LogP contribution in [0, 0.1) is 0 Å². The van der Waals surface area contributed by atoms with Crippen molar-refractivity contribution < 1.29 is 47.6 Å². The fourth-order valence-corrected chi connectivity index (χ4v) is 6.85. The third kappa shape index (κ3) is 18.8. The SMILES string of the molecule is C=CC(=O)OCCCCCCCCCCCOc1ccc(C(=O)Oc2cccc3c(OC(=O)c4ccc(OCCCCCCCCCCCOC(=O)C=C)cc4)cccc23)cc1. The van der Waals surface area contributed by atoms with Crippen LogP contribution in [0.5, 0.6) is 23.0 Å². The monoisotopic (exact) mass is 848 g/mol. The quantitative estimate of drug-likeness (QED) is 0.0203. The highest BCUT2D eigenvalue weighted by atomic mass is 16.5. The lowest BCUT2D eigenvalue weighted by molar-refractivity contribution is -0.138. The van der Waals surface area contributed by atoms with Crippen LogP contribution in [-0.4, -0.2) is 50.3 Å². The first-order valence-electron chi connectivity index (χ1n) is 22.4. The minimum absolute atomic E-state index is 0.356. The molecule has 4 rings (SSSR count). The van der Waals surface area contributed by atoms with Gasteiger partial charge in [0, 0.05) is 22.9 Å². The summed E-state index contributed by atoms with van der Waals surface area (Å²) in [7, 11) is 0. The van der Waals surface area contributed by atoms with E-state index in [4.69, 9.17) is 28.4 Å². The Morgan fingerprint density at radius 2 is 0.694 bits per heavy atom. The highest BCUT2D eigenvalue weighted by Gasteiger charge is 2.16. The van der Waals surface area contributed by atoms with Crippen LogP contribution in [0.2, 0.25) is 0 Å². The summed E-state index contributed by atoms with van der Waals surface area (Å²) in [6, 6.07) is 24.5. The molecule has 0 spiro atoms. The molecule has 10 nitrogen and oxygen atoms in total. The maximum absolute atomic E-state index is 13.2. The van der Waals surface area contributed by atoms with Crippen molar-refractivity contribution in [1.29, 1.82) is 0 Å². The number of carbonyl (C=O) groups is 4. The predicted octanol–water partition coefficient (Wildman–Crippen LogP) is 12.5. The zero-order valence-corrected chi connectivity index (χ0v) is 36.3. The first-order valence-corrected chi connectivity index (χ1v) is 22.4. The van der Waals surface area contributed by atoms with E-state index in [9.17, 15) is 19.2 Å². The minimum Gasteiger partial charge on any atom is -0.494 e. The molecular formula is C52H64O10.